The molecule has 0 aliphatic heterocycles. The lowest BCUT2D eigenvalue weighted by Gasteiger charge is -2.22. The van der Waals surface area contributed by atoms with E-state index in [2.05, 4.69) is 52.2 Å². The second-order valence-electron chi connectivity index (χ2n) is 5.00. The third-order valence-corrected chi connectivity index (χ3v) is 3.12. The molecule has 1 atom stereocenters. The van der Waals surface area contributed by atoms with Gasteiger partial charge in [0.2, 0.25) is 5.91 Å². The molecule has 0 saturated heterocycles. The van der Waals surface area contributed by atoms with Crippen LogP contribution in [0.5, 0.6) is 0 Å². The number of hydrogen-bond donors (Lipinski definition) is 1. The van der Waals surface area contributed by atoms with Crippen molar-refractivity contribution in [3.8, 4) is 0 Å². The van der Waals surface area contributed by atoms with E-state index in [9.17, 15) is 4.79 Å². The second kappa shape index (κ2) is 5.17. The molecule has 88 valence electrons. The summed E-state index contributed by atoms with van der Waals surface area (Å²) in [6.07, 6.45) is 0. The van der Waals surface area contributed by atoms with Crippen LogP contribution in [0.3, 0.4) is 0 Å². The molecule has 0 saturated carbocycles. The maximum absolute atomic E-state index is 11.8. The highest BCUT2D eigenvalue weighted by Gasteiger charge is 2.22. The van der Waals surface area contributed by atoms with Crippen LogP contribution in [0.15, 0.2) is 24.3 Å². The highest BCUT2D eigenvalue weighted by atomic mass is 127. The first-order chi connectivity index (χ1) is 7.30. The van der Waals surface area contributed by atoms with Crippen molar-refractivity contribution in [1.82, 2.24) is 5.32 Å². The molecule has 3 heteroatoms. The molecule has 0 spiro atoms. The Labute approximate surface area is 111 Å². The van der Waals surface area contributed by atoms with E-state index in [1.807, 2.05) is 27.7 Å². The fourth-order valence-electron chi connectivity index (χ4n) is 1.25. The molecule has 0 heterocycles. The van der Waals surface area contributed by atoms with Crippen LogP contribution in [0.1, 0.15) is 39.3 Å². The SMILES string of the molecule is CC(NC(=O)C(C)(C)C)c1ccc(I)cc1. The number of nitrogens with one attached hydrogen (secondary N) is 1. The molecule has 16 heavy (non-hydrogen) atoms. The van der Waals surface area contributed by atoms with Gasteiger partial charge in [-0.2, -0.15) is 0 Å². The molecule has 1 N–H and O–H groups in total. The van der Waals surface area contributed by atoms with Crippen molar-refractivity contribution in [2.75, 3.05) is 0 Å². The fourth-order valence-corrected chi connectivity index (χ4v) is 1.61. The van der Waals surface area contributed by atoms with Gasteiger partial charge in [-0.25, -0.2) is 0 Å². The van der Waals surface area contributed by atoms with Gasteiger partial charge in [-0.05, 0) is 47.2 Å². The topological polar surface area (TPSA) is 29.1 Å². The van der Waals surface area contributed by atoms with Gasteiger partial charge in [0.15, 0.2) is 0 Å². The summed E-state index contributed by atoms with van der Waals surface area (Å²) in [4.78, 5) is 11.8. The number of halogens is 1. The number of benzene rings is 1. The quantitative estimate of drug-likeness (QED) is 0.826. The zero-order valence-electron chi connectivity index (χ0n) is 10.2. The Bertz CT molecular complexity index is 365. The average Bonchev–Trinajstić information content (AvgIpc) is 2.17. The Morgan fingerprint density at radius 1 is 1.25 bits per heavy atom. The van der Waals surface area contributed by atoms with Crippen molar-refractivity contribution < 1.29 is 4.79 Å². The lowest BCUT2D eigenvalue weighted by molar-refractivity contribution is -0.129. The predicted octanol–water partition coefficient (Wildman–Crippen LogP) is 3.51. The van der Waals surface area contributed by atoms with E-state index < -0.39 is 0 Å². The van der Waals surface area contributed by atoms with Crippen LogP contribution < -0.4 is 5.32 Å². The van der Waals surface area contributed by atoms with Gasteiger partial charge in [0.1, 0.15) is 0 Å². The van der Waals surface area contributed by atoms with Gasteiger partial charge >= 0.3 is 0 Å². The van der Waals surface area contributed by atoms with E-state index >= 15 is 0 Å². The summed E-state index contributed by atoms with van der Waals surface area (Å²) in [7, 11) is 0. The average molecular weight is 331 g/mol. The Hall–Kier alpha value is -0.580. The Morgan fingerprint density at radius 3 is 2.19 bits per heavy atom. The summed E-state index contributed by atoms with van der Waals surface area (Å²) in [6.45, 7) is 7.76. The van der Waals surface area contributed by atoms with Gasteiger partial charge < -0.3 is 5.32 Å². The molecule has 1 unspecified atom stereocenters. The number of carbonyl (C=O) groups is 1. The maximum atomic E-state index is 11.8. The minimum atomic E-state index is -0.336. The zero-order chi connectivity index (χ0) is 12.3. The molecule has 1 rings (SSSR count). The number of rotatable bonds is 2. The molecule has 0 aliphatic rings. The summed E-state index contributed by atoms with van der Waals surface area (Å²) in [6, 6.07) is 8.26. The third kappa shape index (κ3) is 3.77. The largest absolute Gasteiger partial charge is 0.349 e. The van der Waals surface area contributed by atoms with Gasteiger partial charge in [-0.15, -0.1) is 0 Å². The van der Waals surface area contributed by atoms with Crippen molar-refractivity contribution in [2.45, 2.75) is 33.7 Å². The highest BCUT2D eigenvalue weighted by Crippen LogP contribution is 2.18. The summed E-state index contributed by atoms with van der Waals surface area (Å²) in [5.41, 5.74) is 0.801. The fraction of sp³-hybridized carbons (Fsp3) is 0.462. The van der Waals surface area contributed by atoms with E-state index in [4.69, 9.17) is 0 Å². The third-order valence-electron chi connectivity index (χ3n) is 2.40. The van der Waals surface area contributed by atoms with Crippen LogP contribution in [-0.2, 0) is 4.79 Å². The van der Waals surface area contributed by atoms with Gasteiger partial charge in [0, 0.05) is 8.99 Å². The molecule has 0 fully saturated rings. The van der Waals surface area contributed by atoms with Crippen molar-refractivity contribution >= 4 is 28.5 Å². The molecule has 0 aliphatic carbocycles. The summed E-state index contributed by atoms with van der Waals surface area (Å²) in [5, 5.41) is 3.01. The first kappa shape index (κ1) is 13.5. The first-order valence-electron chi connectivity index (χ1n) is 5.37. The molecule has 2 nitrogen and oxygen atoms in total. The van der Waals surface area contributed by atoms with Gasteiger partial charge in [0.05, 0.1) is 6.04 Å². The first-order valence-corrected chi connectivity index (χ1v) is 6.45. The van der Waals surface area contributed by atoms with E-state index in [1.165, 1.54) is 3.57 Å². The lowest BCUT2D eigenvalue weighted by Crippen LogP contribution is -2.36. The van der Waals surface area contributed by atoms with Gasteiger partial charge in [-0.1, -0.05) is 32.9 Å². The minimum Gasteiger partial charge on any atom is -0.349 e. The molecule has 1 aromatic carbocycles. The van der Waals surface area contributed by atoms with E-state index in [1.54, 1.807) is 0 Å². The lowest BCUT2D eigenvalue weighted by atomic mass is 9.95. The van der Waals surface area contributed by atoms with E-state index in [-0.39, 0.29) is 17.4 Å². The molecular formula is C13H18INO. The number of amides is 1. The van der Waals surface area contributed by atoms with Crippen LogP contribution in [0, 0.1) is 8.99 Å². The molecule has 0 radical (unpaired) electrons. The van der Waals surface area contributed by atoms with Crippen LogP contribution >= 0.6 is 22.6 Å². The molecule has 0 bridgehead atoms. The molecule has 1 aromatic rings. The normalized spacial score (nSPS) is 13.3. The summed E-state index contributed by atoms with van der Waals surface area (Å²) >= 11 is 2.27. The number of hydrogen-bond acceptors (Lipinski definition) is 1. The van der Waals surface area contributed by atoms with Crippen molar-refractivity contribution in [3.05, 3.63) is 33.4 Å². The predicted molar refractivity (Wildman–Crippen MR) is 75.2 cm³/mol. The molecule has 1 amide bonds. The number of carbonyl (C=O) groups excluding carboxylic acids is 1. The second-order valence-corrected chi connectivity index (χ2v) is 6.24. The molecular weight excluding hydrogens is 313 g/mol. The van der Waals surface area contributed by atoms with Gasteiger partial charge in [-0.3, -0.25) is 4.79 Å². The maximum Gasteiger partial charge on any atom is 0.225 e. The smallest absolute Gasteiger partial charge is 0.225 e. The Morgan fingerprint density at radius 2 is 1.75 bits per heavy atom. The van der Waals surface area contributed by atoms with Crippen LogP contribution in [-0.4, -0.2) is 5.91 Å². The highest BCUT2D eigenvalue weighted by molar-refractivity contribution is 14.1. The monoisotopic (exact) mass is 331 g/mol. The van der Waals surface area contributed by atoms with Crippen LogP contribution in [0.25, 0.3) is 0 Å². The Balaban J connectivity index is 2.69. The van der Waals surface area contributed by atoms with Crippen LogP contribution in [0.4, 0.5) is 0 Å². The van der Waals surface area contributed by atoms with Crippen molar-refractivity contribution in [2.24, 2.45) is 5.41 Å². The van der Waals surface area contributed by atoms with Crippen LogP contribution in [0.2, 0.25) is 0 Å². The van der Waals surface area contributed by atoms with E-state index in [0.29, 0.717) is 0 Å². The van der Waals surface area contributed by atoms with E-state index in [0.717, 1.165) is 5.56 Å². The Kier molecular flexibility index (Phi) is 4.35. The van der Waals surface area contributed by atoms with Crippen molar-refractivity contribution in [3.63, 3.8) is 0 Å². The minimum absolute atomic E-state index is 0.0590. The molecule has 0 aromatic heterocycles. The van der Waals surface area contributed by atoms with Gasteiger partial charge in [0.25, 0.3) is 0 Å². The summed E-state index contributed by atoms with van der Waals surface area (Å²) in [5.74, 6) is 0.0820. The zero-order valence-corrected chi connectivity index (χ0v) is 12.3. The standard InChI is InChI=1S/C13H18INO/c1-9(15-12(16)13(2,3)4)10-5-7-11(14)8-6-10/h5-9H,1-4H3,(H,15,16). The van der Waals surface area contributed by atoms with Crippen molar-refractivity contribution in [1.29, 1.82) is 0 Å². The summed E-state index contributed by atoms with van der Waals surface area (Å²) < 4.78 is 1.20.